The van der Waals surface area contributed by atoms with Crippen LogP contribution in [0.5, 0.6) is 5.75 Å². The number of carbonyl (C=O) groups is 1. The monoisotopic (exact) mass is 409 g/mol. The van der Waals surface area contributed by atoms with Crippen molar-refractivity contribution in [2.24, 2.45) is 0 Å². The second kappa shape index (κ2) is 7.00. The molecule has 0 saturated heterocycles. The first-order valence-corrected chi connectivity index (χ1v) is 10.5. The minimum absolute atomic E-state index is 0.00289. The molecule has 5 nitrogen and oxygen atoms in total. The van der Waals surface area contributed by atoms with Crippen LogP contribution in [0.4, 0.5) is 5.69 Å². The molecule has 0 spiro atoms. The van der Waals surface area contributed by atoms with E-state index in [1.165, 1.54) is 11.3 Å². The number of aromatic nitrogens is 2. The van der Waals surface area contributed by atoms with E-state index in [1.54, 1.807) is 11.3 Å². The van der Waals surface area contributed by atoms with E-state index in [-0.39, 0.29) is 16.5 Å². The highest BCUT2D eigenvalue weighted by molar-refractivity contribution is 7.21. The number of pyridine rings is 1. The number of hydrogen-bond donors (Lipinski definition) is 2. The van der Waals surface area contributed by atoms with Crippen molar-refractivity contribution in [3.05, 3.63) is 56.4 Å². The van der Waals surface area contributed by atoms with Crippen LogP contribution in [0.1, 0.15) is 31.5 Å². The van der Waals surface area contributed by atoms with Crippen molar-refractivity contribution in [3.63, 3.8) is 0 Å². The fourth-order valence-electron chi connectivity index (χ4n) is 3.12. The van der Waals surface area contributed by atoms with E-state index in [1.807, 2.05) is 57.3 Å². The third-order valence-electron chi connectivity index (χ3n) is 4.86. The van der Waals surface area contributed by atoms with Gasteiger partial charge in [0.25, 0.3) is 5.91 Å². The minimum Gasteiger partial charge on any atom is -0.505 e. The number of thiazole rings is 1. The number of benzene rings is 1. The van der Waals surface area contributed by atoms with Crippen molar-refractivity contribution >= 4 is 44.5 Å². The van der Waals surface area contributed by atoms with E-state index < -0.39 is 0 Å². The molecule has 1 amide bonds. The van der Waals surface area contributed by atoms with Crippen LogP contribution in [0.15, 0.2) is 29.6 Å². The van der Waals surface area contributed by atoms with Gasteiger partial charge in [-0.2, -0.15) is 0 Å². The highest BCUT2D eigenvalue weighted by Gasteiger charge is 2.22. The van der Waals surface area contributed by atoms with Gasteiger partial charge >= 0.3 is 0 Å². The molecule has 0 fully saturated rings. The molecular formula is C21H19N3O2S2. The van der Waals surface area contributed by atoms with Crippen LogP contribution >= 0.6 is 22.7 Å². The molecule has 3 aromatic heterocycles. The summed E-state index contributed by atoms with van der Waals surface area (Å²) in [6, 6.07) is 7.54. The summed E-state index contributed by atoms with van der Waals surface area (Å²) in [6.07, 6.45) is 0. The van der Waals surface area contributed by atoms with E-state index in [2.05, 4.69) is 15.3 Å². The van der Waals surface area contributed by atoms with Gasteiger partial charge in [-0.25, -0.2) is 9.97 Å². The van der Waals surface area contributed by atoms with Crippen LogP contribution in [-0.4, -0.2) is 21.0 Å². The lowest BCUT2D eigenvalue weighted by Crippen LogP contribution is -2.10. The van der Waals surface area contributed by atoms with Crippen LogP contribution in [0.25, 0.3) is 21.5 Å². The molecule has 2 N–H and O–H groups in total. The van der Waals surface area contributed by atoms with Crippen molar-refractivity contribution in [2.45, 2.75) is 27.7 Å². The fourth-order valence-corrected chi connectivity index (χ4v) is 4.81. The summed E-state index contributed by atoms with van der Waals surface area (Å²) < 4.78 is 0. The van der Waals surface area contributed by atoms with Gasteiger partial charge in [0, 0.05) is 22.3 Å². The molecule has 7 heteroatoms. The average Bonchev–Trinajstić information content (AvgIpc) is 3.23. The van der Waals surface area contributed by atoms with E-state index in [4.69, 9.17) is 0 Å². The summed E-state index contributed by atoms with van der Waals surface area (Å²) in [7, 11) is 0. The molecule has 3 heterocycles. The smallest absolute Gasteiger partial charge is 0.269 e. The molecule has 0 radical (unpaired) electrons. The highest BCUT2D eigenvalue weighted by Crippen LogP contribution is 2.39. The Morgan fingerprint density at radius 2 is 1.89 bits per heavy atom. The third kappa shape index (κ3) is 3.16. The number of aromatic hydroxyl groups is 1. The Labute approximate surface area is 170 Å². The lowest BCUT2D eigenvalue weighted by Gasteiger charge is -2.06. The van der Waals surface area contributed by atoms with Crippen molar-refractivity contribution in [1.29, 1.82) is 0 Å². The van der Waals surface area contributed by atoms with Crippen LogP contribution in [-0.2, 0) is 0 Å². The Hall–Kier alpha value is -2.77. The molecule has 0 aliphatic rings. The molecule has 0 unspecified atom stereocenters. The summed E-state index contributed by atoms with van der Waals surface area (Å²) >= 11 is 2.80. The SMILES string of the molecule is Cc1nc(-c2cccc(NC(=O)c3sc4nc(C)c(C)c(C)c4c3O)c2)cs1. The molecule has 142 valence electrons. The Bertz CT molecular complexity index is 1220. The normalized spacial score (nSPS) is 11.1. The number of amides is 1. The van der Waals surface area contributed by atoms with Crippen molar-refractivity contribution < 1.29 is 9.90 Å². The summed E-state index contributed by atoms with van der Waals surface area (Å²) in [5.74, 6) is -0.348. The predicted octanol–water partition coefficient (Wildman–Crippen LogP) is 5.61. The fraction of sp³-hybridized carbons (Fsp3) is 0.190. The number of rotatable bonds is 3. The first-order chi connectivity index (χ1) is 13.3. The number of carbonyl (C=O) groups excluding carboxylic acids is 1. The zero-order valence-corrected chi connectivity index (χ0v) is 17.6. The molecule has 4 rings (SSSR count). The van der Waals surface area contributed by atoms with Gasteiger partial charge in [0.1, 0.15) is 15.5 Å². The minimum atomic E-state index is -0.346. The average molecular weight is 410 g/mol. The van der Waals surface area contributed by atoms with Gasteiger partial charge in [-0.3, -0.25) is 4.79 Å². The van der Waals surface area contributed by atoms with E-state index >= 15 is 0 Å². The van der Waals surface area contributed by atoms with E-state index in [0.717, 1.165) is 33.1 Å². The number of anilines is 1. The molecule has 1 aromatic carbocycles. The van der Waals surface area contributed by atoms with Gasteiger partial charge in [-0.15, -0.1) is 22.7 Å². The summed E-state index contributed by atoms with van der Waals surface area (Å²) in [6.45, 7) is 7.81. The zero-order valence-electron chi connectivity index (χ0n) is 16.0. The van der Waals surface area contributed by atoms with Crippen LogP contribution < -0.4 is 5.32 Å². The lowest BCUT2D eigenvalue weighted by atomic mass is 10.1. The maximum atomic E-state index is 12.8. The Kier molecular flexibility index (Phi) is 4.64. The topological polar surface area (TPSA) is 75.1 Å². The summed E-state index contributed by atoms with van der Waals surface area (Å²) in [4.78, 5) is 22.8. The van der Waals surface area contributed by atoms with Gasteiger partial charge in [0.2, 0.25) is 0 Å². The Morgan fingerprint density at radius 1 is 1.11 bits per heavy atom. The molecule has 0 aliphatic heterocycles. The molecule has 28 heavy (non-hydrogen) atoms. The summed E-state index contributed by atoms with van der Waals surface area (Å²) in [5.41, 5.74) is 5.36. The molecule has 0 saturated carbocycles. The summed E-state index contributed by atoms with van der Waals surface area (Å²) in [5, 5.41) is 17.2. The van der Waals surface area contributed by atoms with Crippen molar-refractivity contribution in [3.8, 4) is 17.0 Å². The maximum Gasteiger partial charge on any atom is 0.269 e. The molecular weight excluding hydrogens is 390 g/mol. The Balaban J connectivity index is 1.68. The predicted molar refractivity (Wildman–Crippen MR) is 116 cm³/mol. The lowest BCUT2D eigenvalue weighted by molar-refractivity contribution is 0.102. The number of thiophene rings is 1. The van der Waals surface area contributed by atoms with Crippen molar-refractivity contribution in [1.82, 2.24) is 9.97 Å². The largest absolute Gasteiger partial charge is 0.505 e. The van der Waals surface area contributed by atoms with Gasteiger partial charge < -0.3 is 10.4 Å². The van der Waals surface area contributed by atoms with Crippen LogP contribution in [0.3, 0.4) is 0 Å². The van der Waals surface area contributed by atoms with Crippen LogP contribution in [0, 0.1) is 27.7 Å². The standard InChI is InChI=1S/C21H19N3O2S2/c1-10-11(2)17-18(25)19(28-21(17)22-12(10)3)20(26)24-15-7-5-6-14(8-15)16-9-27-13(4)23-16/h5-9,25H,1-4H3,(H,24,26). The zero-order chi connectivity index (χ0) is 20.0. The second-order valence-electron chi connectivity index (χ2n) is 6.69. The first-order valence-electron chi connectivity index (χ1n) is 8.78. The number of aryl methyl sites for hydroxylation is 3. The van der Waals surface area contributed by atoms with Gasteiger partial charge in [-0.05, 0) is 51.0 Å². The van der Waals surface area contributed by atoms with Gasteiger partial charge in [-0.1, -0.05) is 12.1 Å². The Morgan fingerprint density at radius 3 is 2.61 bits per heavy atom. The second-order valence-corrected chi connectivity index (χ2v) is 8.76. The third-order valence-corrected chi connectivity index (χ3v) is 6.70. The van der Waals surface area contributed by atoms with Gasteiger partial charge in [0.15, 0.2) is 0 Å². The van der Waals surface area contributed by atoms with Gasteiger partial charge in [0.05, 0.1) is 16.1 Å². The molecule has 0 atom stereocenters. The molecule has 4 aromatic rings. The first kappa shape index (κ1) is 18.6. The highest BCUT2D eigenvalue weighted by atomic mass is 32.1. The maximum absolute atomic E-state index is 12.8. The van der Waals surface area contributed by atoms with E-state index in [9.17, 15) is 9.90 Å². The molecule has 0 aliphatic carbocycles. The number of hydrogen-bond acceptors (Lipinski definition) is 6. The molecule has 0 bridgehead atoms. The number of fused-ring (bicyclic) bond motifs is 1. The number of nitrogens with zero attached hydrogens (tertiary/aromatic N) is 2. The quantitative estimate of drug-likeness (QED) is 0.461. The van der Waals surface area contributed by atoms with Crippen LogP contribution in [0.2, 0.25) is 0 Å². The van der Waals surface area contributed by atoms with Crippen molar-refractivity contribution in [2.75, 3.05) is 5.32 Å². The van der Waals surface area contributed by atoms with E-state index in [0.29, 0.717) is 15.9 Å². The number of nitrogens with one attached hydrogen (secondary N) is 1.